The molecule has 3 rings (SSSR count). The molecule has 2 aromatic heterocycles. The van der Waals surface area contributed by atoms with Crippen molar-refractivity contribution in [3.63, 3.8) is 0 Å². The molecule has 32 heavy (non-hydrogen) atoms. The number of furan rings is 1. The molecule has 0 fully saturated rings. The van der Waals surface area contributed by atoms with Crippen molar-refractivity contribution in [2.24, 2.45) is 0 Å². The zero-order chi connectivity index (χ0) is 23.3. The third-order valence-electron chi connectivity index (χ3n) is 4.48. The van der Waals surface area contributed by atoms with Gasteiger partial charge in [-0.3, -0.25) is 4.79 Å². The lowest BCUT2D eigenvalue weighted by molar-refractivity contribution is -0.123. The van der Waals surface area contributed by atoms with Gasteiger partial charge in [-0.15, -0.1) is 0 Å². The highest BCUT2D eigenvalue weighted by molar-refractivity contribution is 7.89. The third-order valence-corrected chi connectivity index (χ3v) is 5.90. The number of nitrogens with one attached hydrogen (secondary N) is 2. The Morgan fingerprint density at radius 1 is 1.12 bits per heavy atom. The lowest BCUT2D eigenvalue weighted by atomic mass is 10.2. The van der Waals surface area contributed by atoms with Crippen molar-refractivity contribution in [3.8, 4) is 0 Å². The number of hydrogen-bond donors (Lipinski definition) is 2. The zero-order valence-corrected chi connectivity index (χ0v) is 18.6. The van der Waals surface area contributed by atoms with Crippen LogP contribution in [0.3, 0.4) is 0 Å². The highest BCUT2D eigenvalue weighted by atomic mass is 32.2. The Balaban J connectivity index is 1.59. The van der Waals surface area contributed by atoms with E-state index in [9.17, 15) is 18.0 Å². The van der Waals surface area contributed by atoms with Crippen LogP contribution in [0.25, 0.3) is 0 Å². The highest BCUT2D eigenvalue weighted by Gasteiger charge is 2.21. The minimum absolute atomic E-state index is 0.00145. The lowest BCUT2D eigenvalue weighted by Crippen LogP contribution is -2.31. The molecule has 1 atom stereocenters. The van der Waals surface area contributed by atoms with Gasteiger partial charge in [0.2, 0.25) is 10.0 Å². The molecule has 0 spiro atoms. The molecular formula is C21H24N4O6S. The molecule has 2 N–H and O–H groups in total. The van der Waals surface area contributed by atoms with Crippen LogP contribution < -0.4 is 10.0 Å². The van der Waals surface area contributed by atoms with Crippen LogP contribution >= 0.6 is 0 Å². The molecule has 0 radical (unpaired) electrons. The molecule has 0 aliphatic rings. The van der Waals surface area contributed by atoms with Crippen LogP contribution in [-0.2, 0) is 26.1 Å². The summed E-state index contributed by atoms with van der Waals surface area (Å²) in [6, 6.07) is 10.2. The van der Waals surface area contributed by atoms with E-state index in [1.807, 2.05) is 13.8 Å². The van der Waals surface area contributed by atoms with Crippen molar-refractivity contribution in [2.45, 2.75) is 44.4 Å². The number of benzene rings is 1. The minimum atomic E-state index is -3.79. The Hall–Kier alpha value is -3.44. The van der Waals surface area contributed by atoms with Gasteiger partial charge in [-0.05, 0) is 57.2 Å². The van der Waals surface area contributed by atoms with Gasteiger partial charge in [0.05, 0.1) is 29.5 Å². The summed E-state index contributed by atoms with van der Waals surface area (Å²) in [5.41, 5.74) is 0.113. The summed E-state index contributed by atoms with van der Waals surface area (Å²) in [5.74, 6) is -0.304. The Morgan fingerprint density at radius 2 is 1.84 bits per heavy atom. The van der Waals surface area contributed by atoms with Crippen LogP contribution in [0.4, 0.5) is 5.82 Å². The molecule has 1 aromatic carbocycles. The Morgan fingerprint density at radius 3 is 2.47 bits per heavy atom. The minimum Gasteiger partial charge on any atom is -0.468 e. The average Bonchev–Trinajstić information content (AvgIpc) is 3.44. The van der Waals surface area contributed by atoms with E-state index in [0.717, 1.165) is 0 Å². The van der Waals surface area contributed by atoms with Gasteiger partial charge in [-0.1, -0.05) is 0 Å². The fraction of sp³-hybridized carbons (Fsp3) is 0.286. The van der Waals surface area contributed by atoms with Crippen molar-refractivity contribution in [2.75, 3.05) is 5.32 Å². The van der Waals surface area contributed by atoms with Crippen LogP contribution in [-0.4, -0.2) is 36.2 Å². The van der Waals surface area contributed by atoms with Gasteiger partial charge >= 0.3 is 5.97 Å². The summed E-state index contributed by atoms with van der Waals surface area (Å²) in [6.07, 6.45) is 1.94. The monoisotopic (exact) mass is 460 g/mol. The number of sulfonamides is 1. The van der Waals surface area contributed by atoms with Gasteiger partial charge in [0, 0.05) is 12.1 Å². The first kappa shape index (κ1) is 23.2. The van der Waals surface area contributed by atoms with E-state index in [2.05, 4.69) is 15.1 Å². The number of carbonyl (C=O) groups excluding carboxylic acids is 2. The van der Waals surface area contributed by atoms with Crippen molar-refractivity contribution in [1.82, 2.24) is 14.5 Å². The summed E-state index contributed by atoms with van der Waals surface area (Å²) in [4.78, 5) is 24.7. The number of carbonyl (C=O) groups is 2. The second-order valence-corrected chi connectivity index (χ2v) is 8.99. The van der Waals surface area contributed by atoms with Crippen molar-refractivity contribution < 1.29 is 27.2 Å². The first-order chi connectivity index (χ1) is 15.2. The van der Waals surface area contributed by atoms with Gasteiger partial charge in [0.1, 0.15) is 11.6 Å². The molecule has 0 bridgehead atoms. The molecular weight excluding hydrogens is 436 g/mol. The van der Waals surface area contributed by atoms with E-state index in [1.54, 1.807) is 29.1 Å². The van der Waals surface area contributed by atoms with Crippen LogP contribution in [0, 0.1) is 0 Å². The predicted molar refractivity (Wildman–Crippen MR) is 115 cm³/mol. The van der Waals surface area contributed by atoms with Gasteiger partial charge < -0.3 is 14.5 Å². The number of esters is 1. The molecule has 11 heteroatoms. The van der Waals surface area contributed by atoms with Gasteiger partial charge in [0.15, 0.2) is 6.10 Å². The van der Waals surface area contributed by atoms with Crippen molar-refractivity contribution in [1.29, 1.82) is 0 Å². The Labute approximate surface area is 185 Å². The van der Waals surface area contributed by atoms with Crippen LogP contribution in [0.5, 0.6) is 0 Å². The fourth-order valence-corrected chi connectivity index (χ4v) is 3.76. The SMILES string of the molecule is CC(OC(=O)c1ccc(S(=O)(=O)NCc2ccco2)cc1)C(=O)Nc1ccnn1C(C)C. The van der Waals surface area contributed by atoms with Crippen LogP contribution in [0.1, 0.15) is 42.9 Å². The largest absolute Gasteiger partial charge is 0.468 e. The molecule has 170 valence electrons. The van der Waals surface area contributed by atoms with Gasteiger partial charge in [-0.2, -0.15) is 5.10 Å². The van der Waals surface area contributed by atoms with Crippen molar-refractivity contribution >= 4 is 27.7 Å². The van der Waals surface area contributed by atoms with E-state index >= 15 is 0 Å². The second kappa shape index (κ2) is 9.79. The van der Waals surface area contributed by atoms with Crippen molar-refractivity contribution in [3.05, 3.63) is 66.2 Å². The molecule has 0 aliphatic carbocycles. The molecule has 1 amide bonds. The number of aromatic nitrogens is 2. The maximum atomic E-state index is 12.4. The van der Waals surface area contributed by atoms with E-state index in [4.69, 9.17) is 9.15 Å². The van der Waals surface area contributed by atoms with E-state index < -0.39 is 28.0 Å². The quantitative estimate of drug-likeness (QED) is 0.469. The van der Waals surface area contributed by atoms with Gasteiger partial charge in [0.25, 0.3) is 5.91 Å². The smallest absolute Gasteiger partial charge is 0.338 e. The second-order valence-electron chi connectivity index (χ2n) is 7.22. The predicted octanol–water partition coefficient (Wildman–Crippen LogP) is 2.72. The summed E-state index contributed by atoms with van der Waals surface area (Å²) in [6.45, 7) is 5.28. The average molecular weight is 461 g/mol. The summed E-state index contributed by atoms with van der Waals surface area (Å²) in [5, 5.41) is 6.80. The summed E-state index contributed by atoms with van der Waals surface area (Å²) >= 11 is 0. The number of rotatable bonds is 9. The van der Waals surface area contributed by atoms with Crippen LogP contribution in [0.2, 0.25) is 0 Å². The first-order valence-corrected chi connectivity index (χ1v) is 11.3. The number of nitrogens with zero attached hydrogens (tertiary/aromatic N) is 2. The number of hydrogen-bond acceptors (Lipinski definition) is 7. The van der Waals surface area contributed by atoms with Crippen LogP contribution in [0.15, 0.2) is 64.2 Å². The third kappa shape index (κ3) is 5.62. The summed E-state index contributed by atoms with van der Waals surface area (Å²) in [7, 11) is -3.79. The Bertz CT molecular complexity index is 1170. The molecule has 0 aliphatic heterocycles. The molecule has 0 saturated heterocycles. The normalized spacial score (nSPS) is 12.5. The molecule has 3 aromatic rings. The fourth-order valence-electron chi connectivity index (χ4n) is 2.77. The van der Waals surface area contributed by atoms with Gasteiger partial charge in [-0.25, -0.2) is 22.6 Å². The molecule has 2 heterocycles. The topological polar surface area (TPSA) is 133 Å². The van der Waals surface area contributed by atoms with E-state index in [0.29, 0.717) is 11.6 Å². The number of ether oxygens (including phenoxy) is 1. The molecule has 0 saturated carbocycles. The van der Waals surface area contributed by atoms with E-state index in [1.165, 1.54) is 37.5 Å². The molecule has 1 unspecified atom stereocenters. The highest BCUT2D eigenvalue weighted by Crippen LogP contribution is 2.15. The first-order valence-electron chi connectivity index (χ1n) is 9.85. The number of amides is 1. The summed E-state index contributed by atoms with van der Waals surface area (Å²) < 4.78 is 39.1. The Kier molecular flexibility index (Phi) is 7.11. The molecule has 10 nitrogen and oxygen atoms in total. The zero-order valence-electron chi connectivity index (χ0n) is 17.8. The maximum Gasteiger partial charge on any atom is 0.338 e. The number of anilines is 1. The standard InChI is InChI=1S/C21H24N4O6S/c1-14(2)25-19(10-11-22-25)24-20(26)15(3)31-21(27)16-6-8-18(9-7-16)32(28,29)23-13-17-5-4-12-30-17/h4-12,14-15,23H,13H2,1-3H3,(H,24,26). The maximum absolute atomic E-state index is 12.4. The lowest BCUT2D eigenvalue weighted by Gasteiger charge is -2.16. The van der Waals surface area contributed by atoms with E-state index in [-0.39, 0.29) is 23.0 Å².